The quantitative estimate of drug-likeness (QED) is 0.930. The van der Waals surface area contributed by atoms with Crippen LogP contribution in [-0.4, -0.2) is 43.8 Å². The minimum absolute atomic E-state index is 0.0588. The van der Waals surface area contributed by atoms with Crippen LogP contribution in [0.2, 0.25) is 0 Å². The Kier molecular flexibility index (Phi) is 5.60. The molecule has 0 spiro atoms. The number of urea groups is 1. The standard InChI is InChI=1S/C16H23FN2O3/c1-4-12-10-22-9-8-19(12)16(20)18-11(2)15-13(17)6-5-7-14(15)21-3/h5-7,11-12H,4,8-10H2,1-3H3,(H,18,20). The predicted octanol–water partition coefficient (Wildman–Crippen LogP) is 2.72. The van der Waals surface area contributed by atoms with Crippen LogP contribution >= 0.6 is 0 Å². The predicted molar refractivity (Wildman–Crippen MR) is 81.5 cm³/mol. The molecule has 0 aromatic heterocycles. The van der Waals surface area contributed by atoms with E-state index in [0.717, 1.165) is 6.42 Å². The maximum atomic E-state index is 14.1. The molecule has 122 valence electrons. The smallest absolute Gasteiger partial charge is 0.318 e. The first-order chi connectivity index (χ1) is 10.6. The molecule has 1 N–H and O–H groups in total. The number of hydrogen-bond acceptors (Lipinski definition) is 3. The van der Waals surface area contributed by atoms with E-state index in [1.807, 2.05) is 6.92 Å². The van der Waals surface area contributed by atoms with E-state index in [2.05, 4.69) is 5.32 Å². The van der Waals surface area contributed by atoms with Gasteiger partial charge in [-0.15, -0.1) is 0 Å². The average Bonchev–Trinajstić information content (AvgIpc) is 2.54. The van der Waals surface area contributed by atoms with Crippen molar-refractivity contribution in [3.63, 3.8) is 0 Å². The molecule has 1 aliphatic heterocycles. The van der Waals surface area contributed by atoms with Crippen molar-refractivity contribution in [3.05, 3.63) is 29.6 Å². The highest BCUT2D eigenvalue weighted by molar-refractivity contribution is 5.75. The van der Waals surface area contributed by atoms with Crippen LogP contribution in [0.1, 0.15) is 31.9 Å². The molecule has 0 saturated carbocycles. The fourth-order valence-corrected chi connectivity index (χ4v) is 2.72. The second-order valence-electron chi connectivity index (χ2n) is 5.36. The lowest BCUT2D eigenvalue weighted by atomic mass is 10.1. The maximum absolute atomic E-state index is 14.1. The molecule has 2 unspecified atom stereocenters. The molecule has 0 bridgehead atoms. The highest BCUT2D eigenvalue weighted by Crippen LogP contribution is 2.28. The Balaban J connectivity index is 2.11. The van der Waals surface area contributed by atoms with Gasteiger partial charge in [-0.05, 0) is 25.5 Å². The Bertz CT molecular complexity index is 524. The number of nitrogens with zero attached hydrogens (tertiary/aromatic N) is 1. The molecule has 1 saturated heterocycles. The van der Waals surface area contributed by atoms with Crippen LogP contribution in [-0.2, 0) is 4.74 Å². The molecule has 1 fully saturated rings. The van der Waals surface area contributed by atoms with Gasteiger partial charge in [-0.1, -0.05) is 13.0 Å². The monoisotopic (exact) mass is 310 g/mol. The maximum Gasteiger partial charge on any atom is 0.318 e. The summed E-state index contributed by atoms with van der Waals surface area (Å²) in [6.45, 7) is 5.39. The van der Waals surface area contributed by atoms with Crippen LogP contribution < -0.4 is 10.1 Å². The summed E-state index contributed by atoms with van der Waals surface area (Å²) < 4.78 is 24.6. The van der Waals surface area contributed by atoms with E-state index in [9.17, 15) is 9.18 Å². The first kappa shape index (κ1) is 16.5. The van der Waals surface area contributed by atoms with Gasteiger partial charge in [0.15, 0.2) is 0 Å². The average molecular weight is 310 g/mol. The SMILES string of the molecule is CCC1COCCN1C(=O)NC(C)c1c(F)cccc1OC. The molecule has 1 heterocycles. The number of benzene rings is 1. The van der Waals surface area contributed by atoms with Crippen LogP contribution in [0.5, 0.6) is 5.75 Å². The molecule has 2 amide bonds. The van der Waals surface area contributed by atoms with Gasteiger partial charge < -0.3 is 19.7 Å². The number of halogens is 1. The van der Waals surface area contributed by atoms with Crippen molar-refractivity contribution >= 4 is 6.03 Å². The molecule has 1 aromatic carbocycles. The Morgan fingerprint density at radius 1 is 1.59 bits per heavy atom. The fraction of sp³-hybridized carbons (Fsp3) is 0.562. The molecule has 2 atom stereocenters. The zero-order chi connectivity index (χ0) is 16.1. The summed E-state index contributed by atoms with van der Waals surface area (Å²) >= 11 is 0. The number of carbonyl (C=O) groups is 1. The zero-order valence-corrected chi connectivity index (χ0v) is 13.3. The summed E-state index contributed by atoms with van der Waals surface area (Å²) in [5.41, 5.74) is 0.361. The molecule has 1 aliphatic rings. The summed E-state index contributed by atoms with van der Waals surface area (Å²) in [5, 5.41) is 2.86. The van der Waals surface area contributed by atoms with E-state index in [1.165, 1.54) is 13.2 Å². The van der Waals surface area contributed by atoms with Crippen molar-refractivity contribution in [2.75, 3.05) is 26.9 Å². The van der Waals surface area contributed by atoms with Crippen LogP contribution in [0, 0.1) is 5.82 Å². The van der Waals surface area contributed by atoms with E-state index >= 15 is 0 Å². The molecular formula is C16H23FN2O3. The zero-order valence-electron chi connectivity index (χ0n) is 13.3. The van der Waals surface area contributed by atoms with Crippen molar-refractivity contribution in [2.24, 2.45) is 0 Å². The lowest BCUT2D eigenvalue weighted by Gasteiger charge is -2.35. The van der Waals surface area contributed by atoms with Crippen LogP contribution in [0.4, 0.5) is 9.18 Å². The van der Waals surface area contributed by atoms with Crippen molar-refractivity contribution in [2.45, 2.75) is 32.4 Å². The highest BCUT2D eigenvalue weighted by atomic mass is 19.1. The van der Waals surface area contributed by atoms with E-state index in [0.29, 0.717) is 31.1 Å². The van der Waals surface area contributed by atoms with Crippen molar-refractivity contribution < 1.29 is 18.7 Å². The van der Waals surface area contributed by atoms with Gasteiger partial charge in [0.05, 0.1) is 38.0 Å². The van der Waals surface area contributed by atoms with Crippen LogP contribution in [0.3, 0.4) is 0 Å². The van der Waals surface area contributed by atoms with E-state index in [1.54, 1.807) is 24.0 Å². The van der Waals surface area contributed by atoms with Crippen LogP contribution in [0.15, 0.2) is 18.2 Å². The Labute approximate surface area is 130 Å². The fourth-order valence-electron chi connectivity index (χ4n) is 2.72. The largest absolute Gasteiger partial charge is 0.496 e. The van der Waals surface area contributed by atoms with Gasteiger partial charge in [0.1, 0.15) is 11.6 Å². The number of amides is 2. The van der Waals surface area contributed by atoms with Crippen molar-refractivity contribution in [1.29, 1.82) is 0 Å². The molecule has 0 radical (unpaired) electrons. The summed E-state index contributed by atoms with van der Waals surface area (Å²) in [6, 6.07) is 4.01. The first-order valence-corrected chi connectivity index (χ1v) is 7.55. The van der Waals surface area contributed by atoms with Crippen LogP contribution in [0.25, 0.3) is 0 Å². The molecule has 2 rings (SSSR count). The van der Waals surface area contributed by atoms with Crippen molar-refractivity contribution in [1.82, 2.24) is 10.2 Å². The normalized spacial score (nSPS) is 19.6. The molecule has 1 aromatic rings. The molecule has 6 heteroatoms. The van der Waals surface area contributed by atoms with Gasteiger partial charge >= 0.3 is 6.03 Å². The lowest BCUT2D eigenvalue weighted by molar-refractivity contribution is 0.0108. The van der Waals surface area contributed by atoms with Gasteiger partial charge in [0.25, 0.3) is 0 Å². The minimum atomic E-state index is -0.482. The molecular weight excluding hydrogens is 287 g/mol. The van der Waals surface area contributed by atoms with Crippen molar-refractivity contribution in [3.8, 4) is 5.75 Å². The van der Waals surface area contributed by atoms with E-state index in [-0.39, 0.29) is 17.9 Å². The number of carbonyl (C=O) groups excluding carboxylic acids is 1. The summed E-state index contributed by atoms with van der Waals surface area (Å²) in [5.74, 6) is 0.0444. The molecule has 22 heavy (non-hydrogen) atoms. The Morgan fingerprint density at radius 2 is 2.36 bits per heavy atom. The number of methoxy groups -OCH3 is 1. The number of ether oxygens (including phenoxy) is 2. The van der Waals surface area contributed by atoms with Gasteiger partial charge in [-0.2, -0.15) is 0 Å². The second kappa shape index (κ2) is 7.45. The minimum Gasteiger partial charge on any atom is -0.496 e. The van der Waals surface area contributed by atoms with Gasteiger partial charge in [0.2, 0.25) is 0 Å². The van der Waals surface area contributed by atoms with Gasteiger partial charge in [0, 0.05) is 6.54 Å². The topological polar surface area (TPSA) is 50.8 Å². The number of morpholine rings is 1. The first-order valence-electron chi connectivity index (χ1n) is 7.55. The number of rotatable bonds is 4. The van der Waals surface area contributed by atoms with E-state index < -0.39 is 6.04 Å². The van der Waals surface area contributed by atoms with Gasteiger partial charge in [-0.25, -0.2) is 9.18 Å². The Hall–Kier alpha value is -1.82. The third-order valence-electron chi connectivity index (χ3n) is 3.97. The van der Waals surface area contributed by atoms with E-state index in [4.69, 9.17) is 9.47 Å². The summed E-state index contributed by atoms with van der Waals surface area (Å²) in [7, 11) is 1.49. The van der Waals surface area contributed by atoms with Gasteiger partial charge in [-0.3, -0.25) is 0 Å². The third kappa shape index (κ3) is 3.50. The summed E-state index contributed by atoms with van der Waals surface area (Å²) in [4.78, 5) is 14.2. The number of hydrogen-bond donors (Lipinski definition) is 1. The molecule has 5 nitrogen and oxygen atoms in total. The Morgan fingerprint density at radius 3 is 3.05 bits per heavy atom. The molecule has 0 aliphatic carbocycles. The highest BCUT2D eigenvalue weighted by Gasteiger charge is 2.28. The number of nitrogens with one attached hydrogen (secondary N) is 1. The lowest BCUT2D eigenvalue weighted by Crippen LogP contribution is -2.52. The summed E-state index contributed by atoms with van der Waals surface area (Å²) in [6.07, 6.45) is 0.824. The second-order valence-corrected chi connectivity index (χ2v) is 5.36. The third-order valence-corrected chi connectivity index (χ3v) is 3.97.